The van der Waals surface area contributed by atoms with Gasteiger partial charge in [0, 0.05) is 11.3 Å². The Hall–Kier alpha value is -0.610. The molecule has 1 aromatic carbocycles. The number of benzene rings is 1. The summed E-state index contributed by atoms with van der Waals surface area (Å²) in [5, 5.41) is 4.17. The van der Waals surface area contributed by atoms with Gasteiger partial charge < -0.3 is 5.32 Å². The van der Waals surface area contributed by atoms with Crippen LogP contribution in [-0.4, -0.2) is 23.6 Å². The Bertz CT molecular complexity index is 419. The van der Waals surface area contributed by atoms with Crippen molar-refractivity contribution in [3.63, 3.8) is 0 Å². The Kier molecular flexibility index (Phi) is 6.30. The quantitative estimate of drug-likeness (QED) is 0.846. The Morgan fingerprint density at radius 3 is 2.80 bits per heavy atom. The van der Waals surface area contributed by atoms with Crippen LogP contribution in [0.2, 0.25) is 0 Å². The van der Waals surface area contributed by atoms with Gasteiger partial charge in [0.2, 0.25) is 0 Å². The van der Waals surface area contributed by atoms with Crippen LogP contribution in [-0.2, 0) is 6.42 Å². The van der Waals surface area contributed by atoms with Gasteiger partial charge in [0.05, 0.1) is 0 Å². The fraction of sp³-hybridized carbons (Fsp3) is 0.625. The summed E-state index contributed by atoms with van der Waals surface area (Å²) in [6, 6.07) is 4.62. The number of halogens is 2. The lowest BCUT2D eigenvalue weighted by molar-refractivity contribution is 0.458. The van der Waals surface area contributed by atoms with Crippen LogP contribution in [0.3, 0.4) is 0 Å². The lowest BCUT2D eigenvalue weighted by Crippen LogP contribution is -2.41. The highest BCUT2D eigenvalue weighted by molar-refractivity contribution is 8.00. The number of nitrogens with one attached hydrogen (secondary N) is 1. The lowest BCUT2D eigenvalue weighted by atomic mass is 9.99. The summed E-state index contributed by atoms with van der Waals surface area (Å²) in [6.07, 6.45) is 5.66. The van der Waals surface area contributed by atoms with Crippen LogP contribution >= 0.6 is 11.8 Å². The second-order valence-electron chi connectivity index (χ2n) is 5.42. The van der Waals surface area contributed by atoms with Gasteiger partial charge in [-0.1, -0.05) is 19.4 Å². The smallest absolute Gasteiger partial charge is 0.159 e. The third-order valence-corrected chi connectivity index (χ3v) is 5.28. The Labute approximate surface area is 124 Å². The Morgan fingerprint density at radius 1 is 1.30 bits per heavy atom. The number of hydrogen-bond acceptors (Lipinski definition) is 2. The van der Waals surface area contributed by atoms with E-state index >= 15 is 0 Å². The van der Waals surface area contributed by atoms with E-state index in [-0.39, 0.29) is 0 Å². The molecule has 1 nitrogen and oxygen atoms in total. The van der Waals surface area contributed by atoms with Crippen molar-refractivity contribution in [2.24, 2.45) is 0 Å². The van der Waals surface area contributed by atoms with Crippen molar-refractivity contribution in [3.05, 3.63) is 35.4 Å². The highest BCUT2D eigenvalue weighted by atomic mass is 32.2. The van der Waals surface area contributed by atoms with Gasteiger partial charge in [-0.25, -0.2) is 8.78 Å². The van der Waals surface area contributed by atoms with Crippen LogP contribution in [0.5, 0.6) is 0 Å². The molecule has 2 rings (SSSR count). The predicted octanol–water partition coefficient (Wildman–Crippen LogP) is 4.16. The van der Waals surface area contributed by atoms with Crippen molar-refractivity contribution in [2.45, 2.75) is 50.3 Å². The highest BCUT2D eigenvalue weighted by Gasteiger charge is 2.24. The van der Waals surface area contributed by atoms with Crippen molar-refractivity contribution in [2.75, 3.05) is 12.3 Å². The van der Waals surface area contributed by atoms with E-state index in [0.29, 0.717) is 11.3 Å². The molecule has 2 atom stereocenters. The van der Waals surface area contributed by atoms with Crippen molar-refractivity contribution in [1.82, 2.24) is 5.32 Å². The molecule has 1 fully saturated rings. The topological polar surface area (TPSA) is 12.0 Å². The molecule has 1 heterocycles. The van der Waals surface area contributed by atoms with Gasteiger partial charge in [-0.3, -0.25) is 0 Å². The van der Waals surface area contributed by atoms with Gasteiger partial charge in [-0.05, 0) is 55.7 Å². The van der Waals surface area contributed by atoms with Crippen molar-refractivity contribution in [3.8, 4) is 0 Å². The van der Waals surface area contributed by atoms with Crippen LogP contribution in [0.15, 0.2) is 18.2 Å². The third kappa shape index (κ3) is 4.45. The molecule has 0 aliphatic carbocycles. The first kappa shape index (κ1) is 15.8. The largest absolute Gasteiger partial charge is 0.313 e. The number of rotatable bonds is 6. The van der Waals surface area contributed by atoms with Gasteiger partial charge in [-0.2, -0.15) is 11.8 Å². The second-order valence-corrected chi connectivity index (χ2v) is 6.77. The standard InChI is InChI=1S/C16H23F2NS/c1-2-8-19-15(16-5-3-4-9-20-16)11-12-6-7-13(17)14(18)10-12/h6-7,10,15-16,19H,2-5,8-9,11H2,1H3. The SMILES string of the molecule is CCCNC(Cc1ccc(F)c(F)c1)C1CCCCS1. The first-order chi connectivity index (χ1) is 9.70. The van der Waals surface area contributed by atoms with E-state index in [4.69, 9.17) is 0 Å². The maximum absolute atomic E-state index is 13.3. The lowest BCUT2D eigenvalue weighted by Gasteiger charge is -2.31. The van der Waals surface area contributed by atoms with E-state index in [1.54, 1.807) is 6.07 Å². The number of thioether (sulfide) groups is 1. The van der Waals surface area contributed by atoms with Gasteiger partial charge in [0.15, 0.2) is 11.6 Å². The average Bonchev–Trinajstić information content (AvgIpc) is 2.48. The molecule has 1 aliphatic rings. The molecule has 0 aromatic heterocycles. The monoisotopic (exact) mass is 299 g/mol. The Balaban J connectivity index is 2.03. The molecule has 20 heavy (non-hydrogen) atoms. The zero-order valence-corrected chi connectivity index (χ0v) is 12.8. The molecule has 2 unspecified atom stereocenters. The predicted molar refractivity (Wildman–Crippen MR) is 82.2 cm³/mol. The van der Waals surface area contributed by atoms with E-state index in [9.17, 15) is 8.78 Å². The summed E-state index contributed by atoms with van der Waals surface area (Å²) >= 11 is 2.02. The third-order valence-electron chi connectivity index (χ3n) is 3.76. The van der Waals surface area contributed by atoms with Crippen molar-refractivity contribution >= 4 is 11.8 Å². The van der Waals surface area contributed by atoms with Gasteiger partial charge in [0.1, 0.15) is 0 Å². The molecule has 0 saturated carbocycles. The summed E-state index contributed by atoms with van der Waals surface area (Å²) in [5.74, 6) is -0.292. The molecule has 1 saturated heterocycles. The molecule has 0 amide bonds. The van der Waals surface area contributed by atoms with E-state index in [2.05, 4.69) is 12.2 Å². The van der Waals surface area contributed by atoms with E-state index in [1.165, 1.54) is 37.1 Å². The molecule has 1 N–H and O–H groups in total. The average molecular weight is 299 g/mol. The minimum absolute atomic E-state index is 0.352. The molecule has 0 bridgehead atoms. The molecular weight excluding hydrogens is 276 g/mol. The van der Waals surface area contributed by atoms with E-state index in [0.717, 1.165) is 24.9 Å². The number of hydrogen-bond donors (Lipinski definition) is 1. The summed E-state index contributed by atoms with van der Waals surface area (Å²) < 4.78 is 26.3. The van der Waals surface area contributed by atoms with Crippen molar-refractivity contribution < 1.29 is 8.78 Å². The molecule has 1 aliphatic heterocycles. The fourth-order valence-electron chi connectivity index (χ4n) is 2.67. The van der Waals surface area contributed by atoms with Gasteiger partial charge in [0.25, 0.3) is 0 Å². The first-order valence-corrected chi connectivity index (χ1v) is 8.54. The summed E-state index contributed by atoms with van der Waals surface area (Å²) in [4.78, 5) is 0. The van der Waals surface area contributed by atoms with Crippen LogP contribution < -0.4 is 5.32 Å². The zero-order chi connectivity index (χ0) is 14.4. The Morgan fingerprint density at radius 2 is 2.15 bits per heavy atom. The molecule has 0 radical (unpaired) electrons. The van der Waals surface area contributed by atoms with Crippen LogP contribution in [0, 0.1) is 11.6 Å². The van der Waals surface area contributed by atoms with Crippen LogP contribution in [0.25, 0.3) is 0 Å². The summed E-state index contributed by atoms with van der Waals surface area (Å²) in [5.41, 5.74) is 0.878. The second kappa shape index (κ2) is 7.99. The maximum atomic E-state index is 13.3. The molecule has 112 valence electrons. The molecule has 4 heteroatoms. The minimum Gasteiger partial charge on any atom is -0.313 e. The van der Waals surface area contributed by atoms with Crippen LogP contribution in [0.4, 0.5) is 8.78 Å². The highest BCUT2D eigenvalue weighted by Crippen LogP contribution is 2.29. The summed E-state index contributed by atoms with van der Waals surface area (Å²) in [6.45, 7) is 3.13. The zero-order valence-electron chi connectivity index (χ0n) is 12.0. The molecule has 1 aromatic rings. The molecular formula is C16H23F2NS. The van der Waals surface area contributed by atoms with Gasteiger partial charge >= 0.3 is 0 Å². The maximum Gasteiger partial charge on any atom is 0.159 e. The van der Waals surface area contributed by atoms with Crippen LogP contribution in [0.1, 0.15) is 38.2 Å². The van der Waals surface area contributed by atoms with Crippen molar-refractivity contribution in [1.29, 1.82) is 0 Å². The fourth-order valence-corrected chi connectivity index (χ4v) is 4.10. The van der Waals surface area contributed by atoms with E-state index in [1.807, 2.05) is 11.8 Å². The molecule has 0 spiro atoms. The minimum atomic E-state index is -0.765. The van der Waals surface area contributed by atoms with Gasteiger partial charge in [-0.15, -0.1) is 0 Å². The normalized spacial score (nSPS) is 20.9. The van der Waals surface area contributed by atoms with E-state index < -0.39 is 11.6 Å². The summed E-state index contributed by atoms with van der Waals surface area (Å²) in [7, 11) is 0. The first-order valence-electron chi connectivity index (χ1n) is 7.49.